The van der Waals surface area contributed by atoms with Gasteiger partial charge in [0.2, 0.25) is 5.91 Å². The number of benzene rings is 1. The van der Waals surface area contributed by atoms with Gasteiger partial charge in [0.1, 0.15) is 6.04 Å². The van der Waals surface area contributed by atoms with E-state index in [1.54, 1.807) is 4.90 Å². The lowest BCUT2D eigenvalue weighted by atomic mass is 10.0. The summed E-state index contributed by atoms with van der Waals surface area (Å²) < 4.78 is 0. The van der Waals surface area contributed by atoms with Gasteiger partial charge in [-0.2, -0.15) is 0 Å². The zero-order valence-electron chi connectivity index (χ0n) is 15.5. The van der Waals surface area contributed by atoms with E-state index in [4.69, 9.17) is 0 Å². The molecule has 4 nitrogen and oxygen atoms in total. The molecule has 1 aliphatic heterocycles. The highest BCUT2D eigenvalue weighted by atomic mass is 16.2. The molecule has 0 aromatic heterocycles. The second-order valence-corrected chi connectivity index (χ2v) is 7.93. The minimum atomic E-state index is -0.372. The van der Waals surface area contributed by atoms with Gasteiger partial charge in [-0.25, -0.2) is 0 Å². The van der Waals surface area contributed by atoms with Gasteiger partial charge in [-0.1, -0.05) is 57.7 Å². The fraction of sp³-hybridized carbons (Fsp3) is 0.619. The van der Waals surface area contributed by atoms with Crippen LogP contribution in [0.15, 0.2) is 24.3 Å². The fourth-order valence-corrected chi connectivity index (χ4v) is 4.07. The number of nitrogens with one attached hydrogen (secondary N) is 1. The van der Waals surface area contributed by atoms with Gasteiger partial charge < -0.3 is 10.2 Å². The summed E-state index contributed by atoms with van der Waals surface area (Å²) in [5.41, 5.74) is 1.78. The van der Waals surface area contributed by atoms with Crippen LogP contribution in [0.4, 0.5) is 0 Å². The van der Waals surface area contributed by atoms with Gasteiger partial charge in [-0.3, -0.25) is 9.59 Å². The minimum Gasteiger partial charge on any atom is -0.352 e. The Hall–Kier alpha value is -1.84. The minimum absolute atomic E-state index is 0.00253. The van der Waals surface area contributed by atoms with Crippen molar-refractivity contribution in [2.45, 2.75) is 77.4 Å². The molecule has 0 spiro atoms. The van der Waals surface area contributed by atoms with Crippen LogP contribution in [0.3, 0.4) is 0 Å². The second kappa shape index (κ2) is 8.03. The lowest BCUT2D eigenvalue weighted by Gasteiger charge is -2.30. The predicted molar refractivity (Wildman–Crippen MR) is 99.2 cm³/mol. The maximum atomic E-state index is 13.0. The van der Waals surface area contributed by atoms with Crippen molar-refractivity contribution in [1.82, 2.24) is 10.2 Å². The summed E-state index contributed by atoms with van der Waals surface area (Å²) in [4.78, 5) is 27.6. The number of carbonyl (C=O) groups excluding carboxylic acids is 2. The number of nitrogens with zero attached hydrogens (tertiary/aromatic N) is 1. The van der Waals surface area contributed by atoms with E-state index in [0.717, 1.165) is 24.0 Å². The number of amides is 2. The molecule has 25 heavy (non-hydrogen) atoms. The summed E-state index contributed by atoms with van der Waals surface area (Å²) >= 11 is 0. The van der Waals surface area contributed by atoms with Gasteiger partial charge in [0.15, 0.2) is 0 Å². The number of fused-ring (bicyclic) bond motifs is 1. The molecule has 1 aromatic carbocycles. The third kappa shape index (κ3) is 4.23. The molecule has 0 bridgehead atoms. The van der Waals surface area contributed by atoms with E-state index in [9.17, 15) is 9.59 Å². The summed E-state index contributed by atoms with van der Waals surface area (Å²) in [7, 11) is 0. The highest BCUT2D eigenvalue weighted by Crippen LogP contribution is 2.27. The van der Waals surface area contributed by atoms with E-state index < -0.39 is 0 Å². The fourth-order valence-electron chi connectivity index (χ4n) is 4.07. The van der Waals surface area contributed by atoms with Crippen molar-refractivity contribution < 1.29 is 9.59 Å². The van der Waals surface area contributed by atoms with E-state index >= 15 is 0 Å². The van der Waals surface area contributed by atoms with Crippen LogP contribution in [0, 0.1) is 5.92 Å². The molecule has 136 valence electrons. The number of carbonyl (C=O) groups is 2. The molecule has 2 amide bonds. The van der Waals surface area contributed by atoms with Crippen molar-refractivity contribution >= 4 is 11.8 Å². The Balaban J connectivity index is 1.73. The van der Waals surface area contributed by atoms with Crippen molar-refractivity contribution in [3.63, 3.8) is 0 Å². The third-order valence-corrected chi connectivity index (χ3v) is 5.42. The topological polar surface area (TPSA) is 49.4 Å². The molecule has 1 saturated carbocycles. The second-order valence-electron chi connectivity index (χ2n) is 7.93. The van der Waals surface area contributed by atoms with E-state index in [-0.39, 0.29) is 23.9 Å². The molecule has 1 N–H and O–H groups in total. The van der Waals surface area contributed by atoms with Gasteiger partial charge in [0.25, 0.3) is 5.91 Å². The van der Waals surface area contributed by atoms with Crippen molar-refractivity contribution in [2.75, 3.05) is 0 Å². The average Bonchev–Trinajstić information content (AvgIpc) is 2.75. The first kappa shape index (κ1) is 18.0. The molecule has 1 fully saturated rings. The molecule has 1 aliphatic carbocycles. The van der Waals surface area contributed by atoms with Gasteiger partial charge in [-0.05, 0) is 36.8 Å². The third-order valence-electron chi connectivity index (χ3n) is 5.42. The van der Waals surface area contributed by atoms with Crippen LogP contribution in [0.2, 0.25) is 0 Å². The molecule has 3 rings (SSSR count). The Kier molecular flexibility index (Phi) is 5.77. The predicted octanol–water partition coefficient (Wildman–Crippen LogP) is 3.90. The molecule has 2 aliphatic rings. The average molecular weight is 342 g/mol. The summed E-state index contributed by atoms with van der Waals surface area (Å²) in [6.45, 7) is 4.77. The van der Waals surface area contributed by atoms with Crippen LogP contribution in [-0.4, -0.2) is 28.8 Å². The first-order chi connectivity index (χ1) is 12.1. The molecule has 0 saturated heterocycles. The van der Waals surface area contributed by atoms with Crippen LogP contribution < -0.4 is 5.32 Å². The number of rotatable bonds is 5. The molecule has 0 radical (unpaired) electrons. The standard InChI is InChI=1S/C21H30N2O2/c1-15(2)13-19(20(24)22-17-10-5-3-4-6-11-17)23-14-16-9-7-8-12-18(16)21(23)25/h7-9,12,15,17,19H,3-6,10-11,13-14H2,1-2H3,(H,22,24). The van der Waals surface area contributed by atoms with Crippen molar-refractivity contribution in [3.8, 4) is 0 Å². The largest absolute Gasteiger partial charge is 0.352 e. The summed E-state index contributed by atoms with van der Waals surface area (Å²) in [5.74, 6) is 0.389. The van der Waals surface area contributed by atoms with Crippen LogP contribution >= 0.6 is 0 Å². The first-order valence-electron chi connectivity index (χ1n) is 9.75. The Labute approximate surface area is 151 Å². The van der Waals surface area contributed by atoms with E-state index in [2.05, 4.69) is 19.2 Å². The quantitative estimate of drug-likeness (QED) is 0.825. The normalized spacial score (nSPS) is 19.6. The number of hydrogen-bond acceptors (Lipinski definition) is 2. The van der Waals surface area contributed by atoms with Crippen LogP contribution in [-0.2, 0) is 11.3 Å². The molecule has 4 heteroatoms. The van der Waals surface area contributed by atoms with Gasteiger partial charge in [-0.15, -0.1) is 0 Å². The monoisotopic (exact) mass is 342 g/mol. The Bertz CT molecular complexity index is 618. The van der Waals surface area contributed by atoms with Crippen LogP contribution in [0.25, 0.3) is 0 Å². The van der Waals surface area contributed by atoms with Crippen molar-refractivity contribution in [1.29, 1.82) is 0 Å². The van der Waals surface area contributed by atoms with Gasteiger partial charge in [0.05, 0.1) is 0 Å². The lowest BCUT2D eigenvalue weighted by molar-refractivity contribution is -0.127. The first-order valence-corrected chi connectivity index (χ1v) is 9.75. The summed E-state index contributed by atoms with van der Waals surface area (Å²) in [5, 5.41) is 3.26. The van der Waals surface area contributed by atoms with E-state index in [0.29, 0.717) is 18.9 Å². The summed E-state index contributed by atoms with van der Waals surface area (Å²) in [6, 6.07) is 7.60. The van der Waals surface area contributed by atoms with E-state index in [1.165, 1.54) is 25.7 Å². The van der Waals surface area contributed by atoms with Gasteiger partial charge >= 0.3 is 0 Å². The van der Waals surface area contributed by atoms with Gasteiger partial charge in [0, 0.05) is 18.2 Å². The van der Waals surface area contributed by atoms with Crippen molar-refractivity contribution in [2.24, 2.45) is 5.92 Å². The molecule has 1 unspecified atom stereocenters. The lowest BCUT2D eigenvalue weighted by Crippen LogP contribution is -2.50. The summed E-state index contributed by atoms with van der Waals surface area (Å²) in [6.07, 6.45) is 7.74. The van der Waals surface area contributed by atoms with E-state index in [1.807, 2.05) is 24.3 Å². The Morgan fingerprint density at radius 2 is 1.84 bits per heavy atom. The smallest absolute Gasteiger partial charge is 0.255 e. The number of hydrogen-bond donors (Lipinski definition) is 1. The Morgan fingerprint density at radius 1 is 1.16 bits per heavy atom. The maximum Gasteiger partial charge on any atom is 0.255 e. The molecule has 1 aromatic rings. The maximum absolute atomic E-state index is 13.0. The highest BCUT2D eigenvalue weighted by molar-refractivity contribution is 6.01. The zero-order chi connectivity index (χ0) is 17.8. The molecular weight excluding hydrogens is 312 g/mol. The Morgan fingerprint density at radius 3 is 2.48 bits per heavy atom. The highest BCUT2D eigenvalue weighted by Gasteiger charge is 2.37. The van der Waals surface area contributed by atoms with Crippen LogP contribution in [0.5, 0.6) is 0 Å². The molecule has 1 atom stereocenters. The van der Waals surface area contributed by atoms with Crippen LogP contribution in [0.1, 0.15) is 74.7 Å². The molecular formula is C21H30N2O2. The zero-order valence-corrected chi connectivity index (χ0v) is 15.5. The van der Waals surface area contributed by atoms with Crippen molar-refractivity contribution in [3.05, 3.63) is 35.4 Å². The SMILES string of the molecule is CC(C)CC(C(=O)NC1CCCCCC1)N1Cc2ccccc2C1=O. The molecule has 1 heterocycles.